The molecule has 1 N–H and O–H groups in total. The molecule has 0 unspecified atom stereocenters. The average molecular weight is 316 g/mol. The van der Waals surface area contributed by atoms with Crippen molar-refractivity contribution in [3.05, 3.63) is 59.2 Å². The Hall–Kier alpha value is -1.39. The lowest BCUT2D eigenvalue weighted by atomic mass is 9.95. The van der Waals surface area contributed by atoms with Gasteiger partial charge in [0.15, 0.2) is 0 Å². The number of aromatic carboxylic acids is 1. The van der Waals surface area contributed by atoms with Crippen LogP contribution in [-0.4, -0.2) is 22.6 Å². The Morgan fingerprint density at radius 2 is 1.81 bits per heavy atom. The van der Waals surface area contributed by atoms with Crippen molar-refractivity contribution < 1.29 is 9.90 Å². The Bertz CT molecular complexity index is 676. The van der Waals surface area contributed by atoms with Gasteiger partial charge in [0.2, 0.25) is 0 Å². The number of hydrogen-bond acceptors (Lipinski definition) is 3. The van der Waals surface area contributed by atoms with Crippen molar-refractivity contribution >= 4 is 29.5 Å². The van der Waals surface area contributed by atoms with Gasteiger partial charge in [0.1, 0.15) is 0 Å². The zero-order valence-electron chi connectivity index (χ0n) is 11.7. The van der Waals surface area contributed by atoms with Crippen molar-refractivity contribution in [2.24, 2.45) is 0 Å². The van der Waals surface area contributed by atoms with Crippen molar-refractivity contribution in [3.8, 4) is 11.1 Å². The molecule has 1 aliphatic heterocycles. The maximum atomic E-state index is 11.4. The summed E-state index contributed by atoms with van der Waals surface area (Å²) in [6, 6.07) is 13.6. The molecular weight excluding hydrogens is 300 g/mol. The molecule has 2 aromatic rings. The Morgan fingerprint density at radius 1 is 1.10 bits per heavy atom. The molecule has 4 heteroatoms. The largest absolute Gasteiger partial charge is 0.478 e. The topological polar surface area (TPSA) is 37.3 Å². The molecule has 0 bridgehead atoms. The molecule has 0 amide bonds. The fourth-order valence-electron chi connectivity index (χ4n) is 2.59. The zero-order chi connectivity index (χ0) is 14.8. The van der Waals surface area contributed by atoms with E-state index in [2.05, 4.69) is 25.1 Å². The first-order valence-corrected chi connectivity index (χ1v) is 8.93. The lowest BCUT2D eigenvalue weighted by Gasteiger charge is -2.14. The maximum Gasteiger partial charge on any atom is 0.336 e. The van der Waals surface area contributed by atoms with Crippen molar-refractivity contribution in [2.45, 2.75) is 11.5 Å². The number of aryl methyl sites for hydroxylation is 1. The van der Waals surface area contributed by atoms with E-state index in [-0.39, 0.29) is 0 Å². The molecule has 0 radical (unpaired) electrons. The lowest BCUT2D eigenvalue weighted by Crippen LogP contribution is -2.00. The fourth-order valence-corrected chi connectivity index (χ4v) is 5.43. The van der Waals surface area contributed by atoms with E-state index in [9.17, 15) is 9.90 Å². The molecule has 108 valence electrons. The fraction of sp³-hybridized carbons (Fsp3) is 0.235. The Morgan fingerprint density at radius 3 is 2.48 bits per heavy atom. The number of carboxylic acids is 1. The number of rotatable bonds is 3. The predicted octanol–water partition coefficient (Wildman–Crippen LogP) is 4.84. The van der Waals surface area contributed by atoms with Gasteiger partial charge in [-0.15, -0.1) is 23.5 Å². The van der Waals surface area contributed by atoms with Gasteiger partial charge >= 0.3 is 5.97 Å². The SMILES string of the molecule is Cc1cc(C2SCCS2)ccc1-c1ccccc1C(=O)O. The van der Waals surface area contributed by atoms with Crippen LogP contribution in [0.1, 0.15) is 26.1 Å². The van der Waals surface area contributed by atoms with Gasteiger partial charge in [0.05, 0.1) is 10.1 Å². The number of benzene rings is 2. The minimum atomic E-state index is -0.879. The van der Waals surface area contributed by atoms with Gasteiger partial charge < -0.3 is 5.11 Å². The van der Waals surface area contributed by atoms with Gasteiger partial charge in [-0.3, -0.25) is 0 Å². The molecule has 1 saturated heterocycles. The van der Waals surface area contributed by atoms with Gasteiger partial charge in [0.25, 0.3) is 0 Å². The third-order valence-electron chi connectivity index (χ3n) is 3.59. The zero-order valence-corrected chi connectivity index (χ0v) is 13.3. The van der Waals surface area contributed by atoms with E-state index in [0.29, 0.717) is 10.1 Å². The van der Waals surface area contributed by atoms with Gasteiger partial charge in [-0.25, -0.2) is 4.79 Å². The van der Waals surface area contributed by atoms with E-state index in [4.69, 9.17) is 0 Å². The van der Waals surface area contributed by atoms with Gasteiger partial charge in [-0.2, -0.15) is 0 Å². The van der Waals surface area contributed by atoms with Gasteiger partial charge in [-0.05, 0) is 35.2 Å². The van der Waals surface area contributed by atoms with Crippen LogP contribution in [0.5, 0.6) is 0 Å². The molecule has 1 aliphatic rings. The van der Waals surface area contributed by atoms with E-state index in [1.54, 1.807) is 12.1 Å². The van der Waals surface area contributed by atoms with Crippen LogP contribution in [0.2, 0.25) is 0 Å². The highest BCUT2D eigenvalue weighted by molar-refractivity contribution is 8.19. The van der Waals surface area contributed by atoms with Crippen LogP contribution < -0.4 is 0 Å². The molecule has 2 nitrogen and oxygen atoms in total. The summed E-state index contributed by atoms with van der Waals surface area (Å²) < 4.78 is 0.521. The minimum Gasteiger partial charge on any atom is -0.478 e. The predicted molar refractivity (Wildman–Crippen MR) is 91.2 cm³/mol. The standard InChI is InChI=1S/C17H16O2S2/c1-11-10-12(17-20-8-9-21-17)6-7-13(11)14-4-2-3-5-15(14)16(18)19/h2-7,10,17H,8-9H2,1H3,(H,18,19). The highest BCUT2D eigenvalue weighted by Gasteiger charge is 2.19. The van der Waals surface area contributed by atoms with E-state index >= 15 is 0 Å². The van der Waals surface area contributed by atoms with E-state index in [1.165, 1.54) is 17.1 Å². The van der Waals surface area contributed by atoms with E-state index < -0.39 is 5.97 Å². The molecule has 2 aromatic carbocycles. The third kappa shape index (κ3) is 2.97. The molecule has 21 heavy (non-hydrogen) atoms. The summed E-state index contributed by atoms with van der Waals surface area (Å²) in [5.74, 6) is 1.53. The summed E-state index contributed by atoms with van der Waals surface area (Å²) in [5.41, 5.74) is 4.62. The van der Waals surface area contributed by atoms with Crippen LogP contribution in [0.3, 0.4) is 0 Å². The van der Waals surface area contributed by atoms with E-state index in [0.717, 1.165) is 16.7 Å². The Labute approximate surface area is 133 Å². The number of carboxylic acid groups (broad SMARTS) is 1. The smallest absolute Gasteiger partial charge is 0.336 e. The Kier molecular flexibility index (Phi) is 4.27. The molecule has 1 fully saturated rings. The summed E-state index contributed by atoms with van der Waals surface area (Å²) in [4.78, 5) is 11.4. The quantitative estimate of drug-likeness (QED) is 0.879. The monoisotopic (exact) mass is 316 g/mol. The molecular formula is C17H16O2S2. The number of hydrogen-bond donors (Lipinski definition) is 1. The normalized spacial score (nSPS) is 15.3. The molecule has 0 aliphatic carbocycles. The lowest BCUT2D eigenvalue weighted by molar-refractivity contribution is 0.0697. The first-order chi connectivity index (χ1) is 10.2. The maximum absolute atomic E-state index is 11.4. The van der Waals surface area contributed by atoms with Crippen molar-refractivity contribution in [1.29, 1.82) is 0 Å². The summed E-state index contributed by atoms with van der Waals surface area (Å²) in [7, 11) is 0. The van der Waals surface area contributed by atoms with Crippen LogP contribution in [0.15, 0.2) is 42.5 Å². The van der Waals surface area contributed by atoms with Gasteiger partial charge in [-0.1, -0.05) is 36.4 Å². The second-order valence-electron chi connectivity index (χ2n) is 5.00. The number of carbonyl (C=O) groups is 1. The summed E-state index contributed by atoms with van der Waals surface area (Å²) >= 11 is 3.97. The van der Waals surface area contributed by atoms with Crippen molar-refractivity contribution in [3.63, 3.8) is 0 Å². The van der Waals surface area contributed by atoms with Crippen molar-refractivity contribution in [2.75, 3.05) is 11.5 Å². The minimum absolute atomic E-state index is 0.359. The van der Waals surface area contributed by atoms with Crippen molar-refractivity contribution in [1.82, 2.24) is 0 Å². The van der Waals surface area contributed by atoms with E-state index in [1.807, 2.05) is 35.7 Å². The molecule has 0 spiro atoms. The van der Waals surface area contributed by atoms with Crippen LogP contribution in [0, 0.1) is 6.92 Å². The molecule has 0 aromatic heterocycles. The molecule has 0 saturated carbocycles. The first kappa shape index (κ1) is 14.5. The van der Waals surface area contributed by atoms with Crippen LogP contribution >= 0.6 is 23.5 Å². The molecule has 0 atom stereocenters. The Balaban J connectivity index is 2.02. The second-order valence-corrected chi connectivity index (χ2v) is 7.72. The first-order valence-electron chi connectivity index (χ1n) is 6.83. The second kappa shape index (κ2) is 6.16. The van der Waals surface area contributed by atoms with Crippen LogP contribution in [0.25, 0.3) is 11.1 Å². The highest BCUT2D eigenvalue weighted by Crippen LogP contribution is 2.46. The third-order valence-corrected chi connectivity index (χ3v) is 6.70. The van der Waals surface area contributed by atoms with Crippen LogP contribution in [-0.2, 0) is 0 Å². The molecule has 3 rings (SSSR count). The summed E-state index contributed by atoms with van der Waals surface area (Å²) in [5, 5.41) is 9.34. The summed E-state index contributed by atoms with van der Waals surface area (Å²) in [6.45, 7) is 2.06. The molecule has 1 heterocycles. The van der Waals surface area contributed by atoms with Crippen LogP contribution in [0.4, 0.5) is 0 Å². The van der Waals surface area contributed by atoms with Gasteiger partial charge in [0, 0.05) is 11.5 Å². The average Bonchev–Trinajstić information content (AvgIpc) is 3.01. The summed E-state index contributed by atoms with van der Waals surface area (Å²) in [6.07, 6.45) is 0. The number of thioether (sulfide) groups is 2. The highest BCUT2D eigenvalue weighted by atomic mass is 32.2.